The van der Waals surface area contributed by atoms with Crippen molar-refractivity contribution in [3.8, 4) is 0 Å². The standard InChI is InChI=1S/C18H22N2O3/c1-22-13-16-12-20(9-10-23-16)18(21)19-11-15-7-4-6-14-5-2-3-8-17(14)15/h2-8,16H,9-13H2,1H3,(H,19,21). The van der Waals surface area contributed by atoms with Crippen LogP contribution in [0.3, 0.4) is 0 Å². The van der Waals surface area contributed by atoms with Gasteiger partial charge < -0.3 is 19.7 Å². The number of morpholine rings is 1. The molecule has 0 bridgehead atoms. The van der Waals surface area contributed by atoms with Crippen molar-refractivity contribution < 1.29 is 14.3 Å². The Morgan fingerprint density at radius 3 is 3.00 bits per heavy atom. The molecular formula is C18H22N2O3. The quantitative estimate of drug-likeness (QED) is 0.943. The lowest BCUT2D eigenvalue weighted by atomic mass is 10.0. The van der Waals surface area contributed by atoms with Gasteiger partial charge in [0.25, 0.3) is 0 Å². The van der Waals surface area contributed by atoms with E-state index in [4.69, 9.17) is 9.47 Å². The Hall–Kier alpha value is -2.11. The number of nitrogens with one attached hydrogen (secondary N) is 1. The molecular weight excluding hydrogens is 292 g/mol. The van der Waals surface area contributed by atoms with E-state index in [2.05, 4.69) is 29.6 Å². The highest BCUT2D eigenvalue weighted by Crippen LogP contribution is 2.18. The minimum atomic E-state index is -0.0534. The van der Waals surface area contributed by atoms with Crippen molar-refractivity contribution in [1.29, 1.82) is 0 Å². The molecule has 0 aromatic heterocycles. The smallest absolute Gasteiger partial charge is 0.317 e. The molecule has 1 heterocycles. The highest BCUT2D eigenvalue weighted by Gasteiger charge is 2.23. The van der Waals surface area contributed by atoms with E-state index in [-0.39, 0.29) is 12.1 Å². The summed E-state index contributed by atoms with van der Waals surface area (Å²) in [5.41, 5.74) is 1.12. The number of nitrogens with zero attached hydrogens (tertiary/aromatic N) is 1. The zero-order valence-corrected chi connectivity index (χ0v) is 13.3. The second-order valence-corrected chi connectivity index (χ2v) is 5.69. The van der Waals surface area contributed by atoms with Crippen molar-refractivity contribution >= 4 is 16.8 Å². The van der Waals surface area contributed by atoms with Gasteiger partial charge in [-0.25, -0.2) is 4.79 Å². The van der Waals surface area contributed by atoms with E-state index in [1.165, 1.54) is 10.8 Å². The van der Waals surface area contributed by atoms with Crippen molar-refractivity contribution in [3.63, 3.8) is 0 Å². The molecule has 5 nitrogen and oxygen atoms in total. The molecule has 0 aliphatic carbocycles. The molecule has 1 N–H and O–H groups in total. The lowest BCUT2D eigenvalue weighted by Crippen LogP contribution is -2.50. The van der Waals surface area contributed by atoms with Crippen LogP contribution >= 0.6 is 0 Å². The van der Waals surface area contributed by atoms with E-state index in [1.807, 2.05) is 18.2 Å². The molecule has 2 aromatic carbocycles. The van der Waals surface area contributed by atoms with Crippen LogP contribution in [0.4, 0.5) is 4.79 Å². The van der Waals surface area contributed by atoms with Gasteiger partial charge in [0.15, 0.2) is 0 Å². The van der Waals surface area contributed by atoms with Gasteiger partial charge in [-0.1, -0.05) is 42.5 Å². The van der Waals surface area contributed by atoms with Gasteiger partial charge in [0.1, 0.15) is 0 Å². The number of hydrogen-bond acceptors (Lipinski definition) is 3. The van der Waals surface area contributed by atoms with Crippen molar-refractivity contribution in [1.82, 2.24) is 10.2 Å². The molecule has 0 spiro atoms. The van der Waals surface area contributed by atoms with Crippen LogP contribution in [0.15, 0.2) is 42.5 Å². The third-order valence-corrected chi connectivity index (χ3v) is 4.09. The lowest BCUT2D eigenvalue weighted by molar-refractivity contribution is -0.0494. The summed E-state index contributed by atoms with van der Waals surface area (Å²) in [4.78, 5) is 14.2. The third kappa shape index (κ3) is 3.81. The van der Waals surface area contributed by atoms with Gasteiger partial charge in [0, 0.05) is 20.2 Å². The minimum Gasteiger partial charge on any atom is -0.382 e. The van der Waals surface area contributed by atoms with Crippen LogP contribution in [0, 0.1) is 0 Å². The zero-order valence-electron chi connectivity index (χ0n) is 13.3. The van der Waals surface area contributed by atoms with Crippen LogP contribution in [0.2, 0.25) is 0 Å². The number of fused-ring (bicyclic) bond motifs is 1. The first kappa shape index (κ1) is 15.8. The van der Waals surface area contributed by atoms with Gasteiger partial charge in [0.05, 0.1) is 25.9 Å². The summed E-state index contributed by atoms with van der Waals surface area (Å²) >= 11 is 0. The molecule has 3 rings (SSSR count). The Morgan fingerprint density at radius 1 is 1.30 bits per heavy atom. The second-order valence-electron chi connectivity index (χ2n) is 5.69. The molecule has 0 saturated carbocycles. The summed E-state index contributed by atoms with van der Waals surface area (Å²) < 4.78 is 10.7. The Kier molecular flexibility index (Phi) is 5.10. The fraction of sp³-hybridized carbons (Fsp3) is 0.389. The Bertz CT molecular complexity index is 667. The molecule has 5 heteroatoms. The molecule has 1 fully saturated rings. The van der Waals surface area contributed by atoms with Crippen LogP contribution in [0.5, 0.6) is 0 Å². The van der Waals surface area contributed by atoms with Gasteiger partial charge in [-0.15, -0.1) is 0 Å². The van der Waals surface area contributed by atoms with Gasteiger partial charge >= 0.3 is 6.03 Å². The number of benzene rings is 2. The van der Waals surface area contributed by atoms with E-state index < -0.39 is 0 Å². The highest BCUT2D eigenvalue weighted by atomic mass is 16.5. The molecule has 1 aliphatic rings. The van der Waals surface area contributed by atoms with Crippen molar-refractivity contribution in [3.05, 3.63) is 48.0 Å². The maximum absolute atomic E-state index is 12.4. The molecule has 2 aromatic rings. The maximum Gasteiger partial charge on any atom is 0.317 e. The number of hydrogen-bond donors (Lipinski definition) is 1. The van der Waals surface area contributed by atoms with Crippen LogP contribution in [0.25, 0.3) is 10.8 Å². The first-order chi connectivity index (χ1) is 11.3. The summed E-state index contributed by atoms with van der Waals surface area (Å²) in [5, 5.41) is 5.38. The summed E-state index contributed by atoms with van der Waals surface area (Å²) in [6, 6.07) is 14.3. The molecule has 0 radical (unpaired) electrons. The molecule has 1 saturated heterocycles. The monoisotopic (exact) mass is 314 g/mol. The van der Waals surface area contributed by atoms with Crippen molar-refractivity contribution in [2.45, 2.75) is 12.6 Å². The normalized spacial score (nSPS) is 18.1. The summed E-state index contributed by atoms with van der Waals surface area (Å²) in [6.07, 6.45) is -0.0444. The number of rotatable bonds is 4. The SMILES string of the molecule is COCC1CN(C(=O)NCc2cccc3ccccc23)CCO1. The number of carbonyl (C=O) groups excluding carboxylic acids is 1. The topological polar surface area (TPSA) is 50.8 Å². The maximum atomic E-state index is 12.4. The molecule has 122 valence electrons. The number of methoxy groups -OCH3 is 1. The fourth-order valence-electron chi connectivity index (χ4n) is 2.92. The zero-order chi connectivity index (χ0) is 16.1. The Labute approximate surface area is 136 Å². The third-order valence-electron chi connectivity index (χ3n) is 4.09. The summed E-state index contributed by atoms with van der Waals surface area (Å²) in [6.45, 7) is 2.76. The molecule has 1 atom stereocenters. The number of carbonyl (C=O) groups is 1. The molecule has 23 heavy (non-hydrogen) atoms. The Morgan fingerprint density at radius 2 is 2.13 bits per heavy atom. The van der Waals surface area contributed by atoms with E-state index in [0.29, 0.717) is 32.8 Å². The molecule has 1 aliphatic heterocycles. The highest BCUT2D eigenvalue weighted by molar-refractivity contribution is 5.86. The predicted octanol–water partition coefficient (Wildman–Crippen LogP) is 2.40. The van der Waals surface area contributed by atoms with Crippen molar-refractivity contribution in [2.24, 2.45) is 0 Å². The van der Waals surface area contributed by atoms with Crippen LogP contribution in [-0.2, 0) is 16.0 Å². The van der Waals surface area contributed by atoms with Gasteiger partial charge in [0.2, 0.25) is 0 Å². The van der Waals surface area contributed by atoms with E-state index in [0.717, 1.165) is 5.56 Å². The molecule has 1 unspecified atom stereocenters. The summed E-state index contributed by atoms with van der Waals surface area (Å²) in [7, 11) is 1.64. The lowest BCUT2D eigenvalue weighted by Gasteiger charge is -2.32. The van der Waals surface area contributed by atoms with Crippen molar-refractivity contribution in [2.75, 3.05) is 33.4 Å². The van der Waals surface area contributed by atoms with Gasteiger partial charge in [-0.3, -0.25) is 0 Å². The first-order valence-corrected chi connectivity index (χ1v) is 7.88. The second kappa shape index (κ2) is 7.44. The van der Waals surface area contributed by atoms with E-state index in [1.54, 1.807) is 12.0 Å². The van der Waals surface area contributed by atoms with Crippen LogP contribution in [0.1, 0.15) is 5.56 Å². The number of ether oxygens (including phenoxy) is 2. The summed E-state index contributed by atoms with van der Waals surface area (Å²) in [5.74, 6) is 0. The van der Waals surface area contributed by atoms with E-state index >= 15 is 0 Å². The van der Waals surface area contributed by atoms with E-state index in [9.17, 15) is 4.79 Å². The van der Waals surface area contributed by atoms with Crippen LogP contribution < -0.4 is 5.32 Å². The number of urea groups is 1. The Balaban J connectivity index is 1.62. The fourth-order valence-corrected chi connectivity index (χ4v) is 2.92. The van der Waals surface area contributed by atoms with Crippen LogP contribution in [-0.4, -0.2) is 50.4 Å². The average Bonchev–Trinajstić information content (AvgIpc) is 2.60. The van der Waals surface area contributed by atoms with Gasteiger partial charge in [-0.2, -0.15) is 0 Å². The molecule has 2 amide bonds. The van der Waals surface area contributed by atoms with Gasteiger partial charge in [-0.05, 0) is 16.3 Å². The number of amides is 2. The largest absolute Gasteiger partial charge is 0.382 e. The minimum absolute atomic E-state index is 0.0444. The average molecular weight is 314 g/mol. The predicted molar refractivity (Wildman–Crippen MR) is 89.4 cm³/mol. The first-order valence-electron chi connectivity index (χ1n) is 7.88.